The topological polar surface area (TPSA) is 85.1 Å². The molecular weight excluding hydrogens is 499 g/mol. The number of carbonyl (C=O) groups is 1. The Morgan fingerprint density at radius 3 is 2.54 bits per heavy atom. The van der Waals surface area contributed by atoms with E-state index in [1.54, 1.807) is 11.1 Å². The minimum Gasteiger partial charge on any atom is -0.481 e. The molecule has 0 saturated carbocycles. The van der Waals surface area contributed by atoms with Crippen LogP contribution in [-0.2, 0) is 11.3 Å². The smallest absolute Gasteiger partial charge is 0.276 e. The van der Waals surface area contributed by atoms with E-state index in [4.69, 9.17) is 14.5 Å². The van der Waals surface area contributed by atoms with Gasteiger partial charge in [0, 0.05) is 43.7 Å². The summed E-state index contributed by atoms with van der Waals surface area (Å²) in [6, 6.07) is 12.6. The van der Waals surface area contributed by atoms with Crippen molar-refractivity contribution < 1.29 is 18.7 Å². The molecule has 6 rings (SSSR count). The zero-order valence-electron chi connectivity index (χ0n) is 22.2. The number of amides is 1. The van der Waals surface area contributed by atoms with Gasteiger partial charge in [0.25, 0.3) is 5.91 Å². The number of morpholine rings is 1. The van der Waals surface area contributed by atoms with Crippen LogP contribution in [0.5, 0.6) is 5.88 Å². The van der Waals surface area contributed by atoms with Crippen molar-refractivity contribution in [2.45, 2.75) is 38.4 Å². The maximum absolute atomic E-state index is 14.6. The first-order valence-electron chi connectivity index (χ1n) is 13.2. The average Bonchev–Trinajstić information content (AvgIpc) is 3.30. The van der Waals surface area contributed by atoms with Crippen LogP contribution in [0.4, 0.5) is 4.39 Å². The Hall–Kier alpha value is -3.89. The van der Waals surface area contributed by atoms with E-state index in [9.17, 15) is 9.18 Å². The van der Waals surface area contributed by atoms with Crippen molar-refractivity contribution in [2.24, 2.45) is 0 Å². The highest BCUT2D eigenvalue weighted by Gasteiger charge is 2.42. The number of rotatable bonds is 6. The van der Waals surface area contributed by atoms with Gasteiger partial charge >= 0.3 is 0 Å². The molecule has 0 N–H and O–H groups in total. The first-order valence-corrected chi connectivity index (χ1v) is 13.2. The van der Waals surface area contributed by atoms with E-state index in [0.29, 0.717) is 44.5 Å². The fourth-order valence-corrected chi connectivity index (χ4v) is 5.58. The van der Waals surface area contributed by atoms with Crippen molar-refractivity contribution in [1.82, 2.24) is 29.2 Å². The molecule has 3 aromatic heterocycles. The number of pyridine rings is 1. The summed E-state index contributed by atoms with van der Waals surface area (Å²) in [4.78, 5) is 31.0. The molecule has 39 heavy (non-hydrogen) atoms. The number of imidazole rings is 1. The van der Waals surface area contributed by atoms with Gasteiger partial charge in [-0.25, -0.2) is 19.3 Å². The van der Waals surface area contributed by atoms with Gasteiger partial charge in [-0.3, -0.25) is 14.1 Å². The van der Waals surface area contributed by atoms with Gasteiger partial charge < -0.3 is 14.4 Å². The average molecular weight is 531 g/mol. The first kappa shape index (κ1) is 25.4. The highest BCUT2D eigenvalue weighted by molar-refractivity contribution is 5.93. The molecule has 2 aliphatic rings. The maximum atomic E-state index is 14.6. The number of fused-ring (bicyclic) bond motifs is 3. The third-order valence-electron chi connectivity index (χ3n) is 7.54. The molecule has 0 aliphatic carbocycles. The van der Waals surface area contributed by atoms with Crippen molar-refractivity contribution in [3.8, 4) is 17.1 Å². The normalized spacial score (nSPS) is 19.6. The van der Waals surface area contributed by atoms with Crippen molar-refractivity contribution in [1.29, 1.82) is 0 Å². The number of benzene rings is 1. The van der Waals surface area contributed by atoms with Crippen molar-refractivity contribution in [2.75, 3.05) is 33.4 Å². The number of methoxy groups -OCH3 is 1. The minimum atomic E-state index is -0.659. The second kappa shape index (κ2) is 10.3. The van der Waals surface area contributed by atoms with Gasteiger partial charge in [-0.05, 0) is 23.6 Å². The van der Waals surface area contributed by atoms with Gasteiger partial charge in [0.15, 0.2) is 11.5 Å². The standard InChI is InChI=1S/C29H31FN6O3/c1-18(2)19-5-7-20(8-6-19)26-24(35-12-4-11-31-29(35)33-26)15-34-13-21-16-39-17-22(14-34)36(21)28(37)27-23(30)9-10-25(32-27)38-3/h4-12,18,21-22H,13-17H2,1-3H3. The number of ether oxygens (including phenoxy) is 2. The monoisotopic (exact) mass is 530 g/mol. The fourth-order valence-electron chi connectivity index (χ4n) is 5.58. The molecular formula is C29H31FN6O3. The molecule has 202 valence electrons. The van der Waals surface area contributed by atoms with E-state index in [2.05, 4.69) is 53.0 Å². The second-order valence-corrected chi connectivity index (χ2v) is 10.4. The maximum Gasteiger partial charge on any atom is 0.276 e. The SMILES string of the molecule is COc1ccc(F)c(C(=O)N2C3COCC2CN(Cc2c(-c4ccc(C(C)C)cc4)nc4ncccn24)C3)n1. The van der Waals surface area contributed by atoms with Crippen LogP contribution >= 0.6 is 0 Å². The van der Waals surface area contributed by atoms with E-state index < -0.39 is 11.7 Å². The summed E-state index contributed by atoms with van der Waals surface area (Å²) in [5, 5.41) is 0. The highest BCUT2D eigenvalue weighted by atomic mass is 19.1. The van der Waals surface area contributed by atoms with Crippen molar-refractivity contribution in [3.05, 3.63) is 77.6 Å². The van der Waals surface area contributed by atoms with E-state index in [-0.39, 0.29) is 23.7 Å². The molecule has 2 saturated heterocycles. The van der Waals surface area contributed by atoms with Gasteiger partial charge in [-0.1, -0.05) is 38.1 Å². The van der Waals surface area contributed by atoms with E-state index in [1.807, 2.05) is 16.7 Å². The van der Waals surface area contributed by atoms with Gasteiger partial charge in [0.2, 0.25) is 11.7 Å². The van der Waals surface area contributed by atoms with Gasteiger partial charge in [-0.15, -0.1) is 0 Å². The number of piperazine rings is 1. The Labute approximate surface area is 226 Å². The summed E-state index contributed by atoms with van der Waals surface area (Å²) in [6.45, 7) is 6.89. The molecule has 2 unspecified atom stereocenters. The predicted molar refractivity (Wildman–Crippen MR) is 143 cm³/mol. The van der Waals surface area contributed by atoms with Crippen LogP contribution < -0.4 is 4.74 Å². The lowest BCUT2D eigenvalue weighted by atomic mass is 10.00. The van der Waals surface area contributed by atoms with E-state index in [0.717, 1.165) is 17.0 Å². The largest absolute Gasteiger partial charge is 0.481 e. The molecule has 5 heterocycles. The van der Waals surface area contributed by atoms with Crippen LogP contribution in [0.1, 0.15) is 41.5 Å². The van der Waals surface area contributed by atoms with Gasteiger partial charge in [0.1, 0.15) is 0 Å². The lowest BCUT2D eigenvalue weighted by Crippen LogP contribution is -2.66. The third kappa shape index (κ3) is 4.74. The number of aromatic nitrogens is 4. The molecule has 2 bridgehead atoms. The molecule has 2 fully saturated rings. The molecule has 1 aromatic carbocycles. The highest BCUT2D eigenvalue weighted by Crippen LogP contribution is 2.30. The first-order chi connectivity index (χ1) is 18.9. The molecule has 10 heteroatoms. The Bertz CT molecular complexity index is 1490. The van der Waals surface area contributed by atoms with Crippen LogP contribution in [0.3, 0.4) is 0 Å². The lowest BCUT2D eigenvalue weighted by Gasteiger charge is -2.49. The number of hydrogen-bond donors (Lipinski definition) is 0. The number of halogens is 1. The van der Waals surface area contributed by atoms with Crippen molar-refractivity contribution >= 4 is 11.7 Å². The van der Waals surface area contributed by atoms with Crippen LogP contribution in [-0.4, -0.2) is 80.6 Å². The zero-order chi connectivity index (χ0) is 27.1. The van der Waals surface area contributed by atoms with Crippen LogP contribution in [0, 0.1) is 5.82 Å². The minimum absolute atomic E-state index is 0.204. The second-order valence-electron chi connectivity index (χ2n) is 10.4. The number of hydrogen-bond acceptors (Lipinski definition) is 7. The third-order valence-corrected chi connectivity index (χ3v) is 7.54. The quantitative estimate of drug-likeness (QED) is 0.375. The Balaban J connectivity index is 1.29. The summed E-state index contributed by atoms with van der Waals surface area (Å²) in [5.41, 5.74) is 4.02. The molecule has 4 aromatic rings. The van der Waals surface area contributed by atoms with Crippen LogP contribution in [0.2, 0.25) is 0 Å². The summed E-state index contributed by atoms with van der Waals surface area (Å²) >= 11 is 0. The van der Waals surface area contributed by atoms with E-state index >= 15 is 0 Å². The molecule has 2 aliphatic heterocycles. The summed E-state index contributed by atoms with van der Waals surface area (Å²) in [6.07, 6.45) is 3.73. The predicted octanol–water partition coefficient (Wildman–Crippen LogP) is 3.79. The van der Waals surface area contributed by atoms with Crippen LogP contribution in [0.15, 0.2) is 54.9 Å². The summed E-state index contributed by atoms with van der Waals surface area (Å²) in [7, 11) is 1.44. The number of carbonyl (C=O) groups excluding carboxylic acids is 1. The van der Waals surface area contributed by atoms with Crippen molar-refractivity contribution in [3.63, 3.8) is 0 Å². The number of nitrogens with zero attached hydrogens (tertiary/aromatic N) is 6. The molecule has 1 amide bonds. The van der Waals surface area contributed by atoms with Gasteiger partial charge in [0.05, 0.1) is 43.8 Å². The summed E-state index contributed by atoms with van der Waals surface area (Å²) < 4.78 is 27.6. The molecule has 0 spiro atoms. The van der Waals surface area contributed by atoms with Crippen LogP contribution in [0.25, 0.3) is 17.0 Å². The molecule has 9 nitrogen and oxygen atoms in total. The summed E-state index contributed by atoms with van der Waals surface area (Å²) in [5.74, 6) is 0.202. The zero-order valence-corrected chi connectivity index (χ0v) is 22.2. The Kier molecular flexibility index (Phi) is 6.74. The van der Waals surface area contributed by atoms with E-state index in [1.165, 1.54) is 24.8 Å². The Morgan fingerprint density at radius 2 is 1.85 bits per heavy atom. The fraction of sp³-hybridized carbons (Fsp3) is 0.379. The molecule has 2 atom stereocenters. The Morgan fingerprint density at radius 1 is 1.10 bits per heavy atom. The molecule has 0 radical (unpaired) electrons. The van der Waals surface area contributed by atoms with Gasteiger partial charge in [-0.2, -0.15) is 0 Å². The lowest BCUT2D eigenvalue weighted by molar-refractivity contribution is -0.0819.